The summed E-state index contributed by atoms with van der Waals surface area (Å²) in [6, 6.07) is 7.78. The molecule has 0 fully saturated rings. The molecule has 0 amide bonds. The second kappa shape index (κ2) is 6.18. The van der Waals surface area contributed by atoms with Gasteiger partial charge in [-0.2, -0.15) is 0 Å². The van der Waals surface area contributed by atoms with Crippen molar-refractivity contribution in [3.8, 4) is 5.75 Å². The van der Waals surface area contributed by atoms with E-state index in [0.29, 0.717) is 5.56 Å². The van der Waals surface area contributed by atoms with Gasteiger partial charge in [0.25, 0.3) is 0 Å². The molecule has 0 radical (unpaired) electrons. The molecule has 0 aliphatic carbocycles. The highest BCUT2D eigenvalue weighted by Gasteiger charge is 2.20. The van der Waals surface area contributed by atoms with Crippen LogP contribution in [0.2, 0.25) is 0 Å². The van der Waals surface area contributed by atoms with Gasteiger partial charge in [-0.25, -0.2) is 13.2 Å². The first-order valence-corrected chi connectivity index (χ1v) is 6.36. The fraction of sp³-hybridized carbons (Fsp3) is 0.200. The molecule has 0 heterocycles. The molecule has 0 spiro atoms. The number of ether oxygens (including phenoxy) is 1. The van der Waals surface area contributed by atoms with Crippen LogP contribution in [0.5, 0.6) is 5.75 Å². The minimum Gasteiger partial charge on any atom is -0.497 e. The summed E-state index contributed by atoms with van der Waals surface area (Å²) >= 11 is 6.07. The average Bonchev–Trinajstić information content (AvgIpc) is 2.40. The van der Waals surface area contributed by atoms with Gasteiger partial charge >= 0.3 is 0 Å². The van der Waals surface area contributed by atoms with E-state index >= 15 is 0 Å². The molecular weight excluding hydrogens is 289 g/mol. The fourth-order valence-electron chi connectivity index (χ4n) is 1.91. The lowest BCUT2D eigenvalue weighted by Gasteiger charge is -2.13. The molecule has 2 rings (SSSR count). The van der Waals surface area contributed by atoms with Crippen LogP contribution < -0.4 is 4.74 Å². The minimum atomic E-state index is -0.883. The Morgan fingerprint density at radius 2 is 1.60 bits per heavy atom. The van der Waals surface area contributed by atoms with Crippen molar-refractivity contribution >= 4 is 11.6 Å². The van der Waals surface area contributed by atoms with Crippen LogP contribution in [0, 0.1) is 17.5 Å². The van der Waals surface area contributed by atoms with Crippen LogP contribution in [0.4, 0.5) is 13.2 Å². The second-order valence-electron chi connectivity index (χ2n) is 4.30. The molecule has 1 atom stereocenters. The third-order valence-corrected chi connectivity index (χ3v) is 3.30. The Labute approximate surface area is 119 Å². The van der Waals surface area contributed by atoms with Gasteiger partial charge in [0.15, 0.2) is 0 Å². The lowest BCUT2D eigenvalue weighted by Crippen LogP contribution is -2.03. The van der Waals surface area contributed by atoms with Gasteiger partial charge < -0.3 is 4.74 Å². The number of halogens is 4. The molecule has 1 nitrogen and oxygen atoms in total. The van der Waals surface area contributed by atoms with Gasteiger partial charge in [0.1, 0.15) is 23.2 Å². The van der Waals surface area contributed by atoms with Crippen molar-refractivity contribution in [1.82, 2.24) is 0 Å². The lowest BCUT2D eigenvalue weighted by atomic mass is 10.0. The standard InChI is InChI=1S/C15H12ClF3O/c1-20-11-7-13(18)15(14(19)8-11)12(16)6-9-2-4-10(17)5-3-9/h2-5,7-8,12H,6H2,1H3. The molecule has 106 valence electrons. The zero-order valence-corrected chi connectivity index (χ0v) is 11.4. The summed E-state index contributed by atoms with van der Waals surface area (Å²) in [6.07, 6.45) is 0.196. The van der Waals surface area contributed by atoms with Crippen molar-refractivity contribution in [2.75, 3.05) is 7.11 Å². The molecule has 0 aliphatic rings. The molecular formula is C15H12ClF3O. The Morgan fingerprint density at radius 3 is 2.10 bits per heavy atom. The highest BCUT2D eigenvalue weighted by atomic mass is 35.5. The Bertz CT molecular complexity index is 576. The number of rotatable bonds is 4. The van der Waals surface area contributed by atoms with E-state index in [1.54, 1.807) is 0 Å². The molecule has 0 aliphatic heterocycles. The predicted octanol–water partition coefficient (Wildman–Crippen LogP) is 4.64. The van der Waals surface area contributed by atoms with Crippen molar-refractivity contribution in [3.05, 3.63) is 65.0 Å². The first-order valence-electron chi connectivity index (χ1n) is 5.92. The van der Waals surface area contributed by atoms with Gasteiger partial charge in [0.2, 0.25) is 0 Å². The normalized spacial score (nSPS) is 12.2. The molecule has 5 heteroatoms. The maximum atomic E-state index is 13.9. The maximum absolute atomic E-state index is 13.9. The molecule has 20 heavy (non-hydrogen) atoms. The van der Waals surface area contributed by atoms with Gasteiger partial charge in [0, 0.05) is 17.7 Å². The number of hydrogen-bond donors (Lipinski definition) is 0. The van der Waals surface area contributed by atoms with Crippen molar-refractivity contribution in [2.45, 2.75) is 11.8 Å². The van der Waals surface area contributed by atoms with Crippen LogP contribution in [-0.4, -0.2) is 7.11 Å². The zero-order valence-electron chi connectivity index (χ0n) is 10.7. The Morgan fingerprint density at radius 1 is 1.05 bits per heavy atom. The van der Waals surface area contributed by atoms with Crippen LogP contribution in [0.25, 0.3) is 0 Å². The quantitative estimate of drug-likeness (QED) is 0.748. The van der Waals surface area contributed by atoms with E-state index in [9.17, 15) is 13.2 Å². The van der Waals surface area contributed by atoms with E-state index in [1.807, 2.05) is 0 Å². The summed E-state index contributed by atoms with van der Waals surface area (Å²) in [4.78, 5) is 0. The van der Waals surface area contributed by atoms with Gasteiger partial charge in [-0.3, -0.25) is 0 Å². The van der Waals surface area contributed by atoms with Crippen molar-refractivity contribution in [1.29, 1.82) is 0 Å². The van der Waals surface area contributed by atoms with Crippen LogP contribution in [-0.2, 0) is 6.42 Å². The third kappa shape index (κ3) is 3.25. The summed E-state index contributed by atoms with van der Waals surface area (Å²) < 4.78 is 45.3. The molecule has 0 saturated carbocycles. The van der Waals surface area contributed by atoms with E-state index in [2.05, 4.69) is 0 Å². The Kier molecular flexibility index (Phi) is 4.55. The van der Waals surface area contributed by atoms with E-state index in [1.165, 1.54) is 31.4 Å². The Hall–Kier alpha value is -1.68. The average molecular weight is 301 g/mol. The van der Waals surface area contributed by atoms with Crippen LogP contribution in [0.15, 0.2) is 36.4 Å². The number of methoxy groups -OCH3 is 1. The van der Waals surface area contributed by atoms with Gasteiger partial charge in [0.05, 0.1) is 12.5 Å². The number of alkyl halides is 1. The molecule has 0 bridgehead atoms. The smallest absolute Gasteiger partial charge is 0.134 e. The maximum Gasteiger partial charge on any atom is 0.134 e. The van der Waals surface area contributed by atoms with Crippen LogP contribution in [0.1, 0.15) is 16.5 Å². The Balaban J connectivity index is 2.25. The molecule has 0 aromatic heterocycles. The number of benzene rings is 2. The first-order chi connectivity index (χ1) is 9.51. The van der Waals surface area contributed by atoms with E-state index in [-0.39, 0.29) is 23.6 Å². The fourth-order valence-corrected chi connectivity index (χ4v) is 2.29. The molecule has 0 saturated heterocycles. The topological polar surface area (TPSA) is 9.23 Å². The van der Waals surface area contributed by atoms with Crippen molar-refractivity contribution in [3.63, 3.8) is 0 Å². The van der Waals surface area contributed by atoms with Crippen molar-refractivity contribution in [2.24, 2.45) is 0 Å². The SMILES string of the molecule is COc1cc(F)c(C(Cl)Cc2ccc(F)cc2)c(F)c1. The van der Waals surface area contributed by atoms with Crippen LogP contribution >= 0.6 is 11.6 Å². The summed E-state index contributed by atoms with van der Waals surface area (Å²) in [5.74, 6) is -1.80. The van der Waals surface area contributed by atoms with Crippen molar-refractivity contribution < 1.29 is 17.9 Å². The zero-order chi connectivity index (χ0) is 14.7. The van der Waals surface area contributed by atoms with Gasteiger partial charge in [-0.1, -0.05) is 12.1 Å². The third-order valence-electron chi connectivity index (χ3n) is 2.93. The van der Waals surface area contributed by atoms with E-state index in [0.717, 1.165) is 12.1 Å². The first kappa shape index (κ1) is 14.7. The highest BCUT2D eigenvalue weighted by Crippen LogP contribution is 2.32. The lowest BCUT2D eigenvalue weighted by molar-refractivity contribution is 0.405. The van der Waals surface area contributed by atoms with Gasteiger partial charge in [-0.15, -0.1) is 11.6 Å². The van der Waals surface area contributed by atoms with E-state index < -0.39 is 17.0 Å². The second-order valence-corrected chi connectivity index (χ2v) is 4.83. The molecule has 0 N–H and O–H groups in total. The summed E-state index contributed by atoms with van der Waals surface area (Å²) in [5, 5.41) is -0.883. The summed E-state index contributed by atoms with van der Waals surface area (Å²) in [7, 11) is 1.32. The molecule has 2 aromatic carbocycles. The minimum absolute atomic E-state index is 0.0920. The van der Waals surface area contributed by atoms with Gasteiger partial charge in [-0.05, 0) is 24.1 Å². The monoisotopic (exact) mass is 300 g/mol. The van der Waals surface area contributed by atoms with E-state index in [4.69, 9.17) is 16.3 Å². The van der Waals surface area contributed by atoms with Crippen LogP contribution in [0.3, 0.4) is 0 Å². The largest absolute Gasteiger partial charge is 0.497 e. The summed E-state index contributed by atoms with van der Waals surface area (Å²) in [5.41, 5.74) is 0.484. The molecule has 1 unspecified atom stereocenters. The number of hydrogen-bond acceptors (Lipinski definition) is 1. The summed E-state index contributed by atoms with van der Waals surface area (Å²) in [6.45, 7) is 0. The predicted molar refractivity (Wildman–Crippen MR) is 71.6 cm³/mol. The molecule has 2 aromatic rings. The highest BCUT2D eigenvalue weighted by molar-refractivity contribution is 6.21.